The minimum Gasteiger partial charge on any atom is -0.310 e. The normalized spacial score (nSPS) is 14.2. The van der Waals surface area contributed by atoms with Crippen LogP contribution in [0.25, 0.3) is 11.3 Å². The van der Waals surface area contributed by atoms with E-state index in [4.69, 9.17) is 0 Å². The lowest BCUT2D eigenvalue weighted by Crippen LogP contribution is -2.14. The summed E-state index contributed by atoms with van der Waals surface area (Å²) in [6.07, 6.45) is 2.01. The van der Waals surface area contributed by atoms with Gasteiger partial charge >= 0.3 is 0 Å². The van der Waals surface area contributed by atoms with Crippen LogP contribution in [-0.4, -0.2) is 10.9 Å². The summed E-state index contributed by atoms with van der Waals surface area (Å²) in [7, 11) is 0. The number of rotatable bonds is 3. The van der Waals surface area contributed by atoms with Crippen molar-refractivity contribution in [3.63, 3.8) is 0 Å². The highest BCUT2D eigenvalue weighted by molar-refractivity contribution is 5.93. The third-order valence-electron chi connectivity index (χ3n) is 3.02. The van der Waals surface area contributed by atoms with Crippen molar-refractivity contribution >= 4 is 11.7 Å². The monoisotopic (exact) mass is 238 g/mol. The molecule has 1 fully saturated rings. The van der Waals surface area contributed by atoms with Crippen LogP contribution in [0.3, 0.4) is 0 Å². The lowest BCUT2D eigenvalue weighted by molar-refractivity contribution is -0.117. The number of carbonyl (C=O) groups excluding carboxylic acids is 1. The van der Waals surface area contributed by atoms with Crippen molar-refractivity contribution < 1.29 is 4.79 Å². The van der Waals surface area contributed by atoms with Gasteiger partial charge in [-0.3, -0.25) is 4.79 Å². The predicted molar refractivity (Wildman–Crippen MR) is 71.0 cm³/mol. The molecular formula is C15H14N2O. The molecule has 0 radical (unpaired) electrons. The molecule has 1 aliphatic rings. The Labute approximate surface area is 106 Å². The van der Waals surface area contributed by atoms with E-state index >= 15 is 0 Å². The van der Waals surface area contributed by atoms with Crippen molar-refractivity contribution in [3.8, 4) is 11.3 Å². The van der Waals surface area contributed by atoms with E-state index in [2.05, 4.69) is 10.3 Å². The van der Waals surface area contributed by atoms with Crippen LogP contribution in [0.1, 0.15) is 12.8 Å². The fraction of sp³-hybridized carbons (Fsp3) is 0.200. The molecule has 0 aliphatic heterocycles. The fourth-order valence-electron chi connectivity index (χ4n) is 1.85. The van der Waals surface area contributed by atoms with Gasteiger partial charge in [-0.2, -0.15) is 0 Å². The van der Waals surface area contributed by atoms with Gasteiger partial charge in [-0.25, -0.2) is 4.98 Å². The van der Waals surface area contributed by atoms with E-state index in [0.717, 1.165) is 24.1 Å². The molecular weight excluding hydrogens is 224 g/mol. The fourth-order valence-corrected chi connectivity index (χ4v) is 1.85. The third-order valence-corrected chi connectivity index (χ3v) is 3.02. The van der Waals surface area contributed by atoms with Gasteiger partial charge in [0.15, 0.2) is 0 Å². The van der Waals surface area contributed by atoms with Gasteiger partial charge in [0.25, 0.3) is 0 Å². The topological polar surface area (TPSA) is 42.0 Å². The van der Waals surface area contributed by atoms with Gasteiger partial charge in [-0.1, -0.05) is 36.4 Å². The lowest BCUT2D eigenvalue weighted by Gasteiger charge is -2.06. The zero-order chi connectivity index (χ0) is 12.4. The molecule has 0 saturated heterocycles. The first-order valence-electron chi connectivity index (χ1n) is 6.16. The largest absolute Gasteiger partial charge is 0.310 e. The molecule has 18 heavy (non-hydrogen) atoms. The molecule has 0 spiro atoms. The van der Waals surface area contributed by atoms with Crippen LogP contribution in [0.2, 0.25) is 0 Å². The summed E-state index contributed by atoms with van der Waals surface area (Å²) in [5.74, 6) is 0.924. The Morgan fingerprint density at radius 1 is 1.06 bits per heavy atom. The SMILES string of the molecule is O=C(Nc1cccc(-c2ccccc2)n1)C1CC1. The van der Waals surface area contributed by atoms with Gasteiger partial charge in [0.1, 0.15) is 5.82 Å². The Balaban J connectivity index is 1.82. The second-order valence-electron chi connectivity index (χ2n) is 4.54. The molecule has 0 atom stereocenters. The van der Waals surface area contributed by atoms with Crippen molar-refractivity contribution in [2.24, 2.45) is 5.92 Å². The highest BCUT2D eigenvalue weighted by Crippen LogP contribution is 2.30. The number of nitrogens with one attached hydrogen (secondary N) is 1. The van der Waals surface area contributed by atoms with Crippen LogP contribution in [0.4, 0.5) is 5.82 Å². The van der Waals surface area contributed by atoms with E-state index < -0.39 is 0 Å². The van der Waals surface area contributed by atoms with Crippen LogP contribution in [0.5, 0.6) is 0 Å². The second-order valence-corrected chi connectivity index (χ2v) is 4.54. The maximum atomic E-state index is 11.7. The van der Waals surface area contributed by atoms with Crippen molar-refractivity contribution in [2.45, 2.75) is 12.8 Å². The van der Waals surface area contributed by atoms with Crippen LogP contribution in [0.15, 0.2) is 48.5 Å². The average molecular weight is 238 g/mol. The van der Waals surface area contributed by atoms with E-state index in [-0.39, 0.29) is 11.8 Å². The number of pyridine rings is 1. The lowest BCUT2D eigenvalue weighted by atomic mass is 10.1. The summed E-state index contributed by atoms with van der Waals surface area (Å²) >= 11 is 0. The Hall–Kier alpha value is -2.16. The number of carbonyl (C=O) groups is 1. The molecule has 1 saturated carbocycles. The van der Waals surface area contributed by atoms with Crippen molar-refractivity contribution in [1.82, 2.24) is 4.98 Å². The van der Waals surface area contributed by atoms with Crippen LogP contribution >= 0.6 is 0 Å². The molecule has 1 heterocycles. The minimum atomic E-state index is 0.0905. The molecule has 3 heteroatoms. The Morgan fingerprint density at radius 3 is 2.56 bits per heavy atom. The van der Waals surface area contributed by atoms with Crippen LogP contribution in [-0.2, 0) is 4.79 Å². The molecule has 0 bridgehead atoms. The number of hydrogen-bond donors (Lipinski definition) is 1. The van der Waals surface area contributed by atoms with Crippen LogP contribution < -0.4 is 5.32 Å². The predicted octanol–water partition coefficient (Wildman–Crippen LogP) is 3.10. The summed E-state index contributed by atoms with van der Waals surface area (Å²) in [5.41, 5.74) is 1.93. The number of nitrogens with zero attached hydrogens (tertiary/aromatic N) is 1. The molecule has 1 aromatic heterocycles. The molecule has 90 valence electrons. The molecule has 1 aliphatic carbocycles. The van der Waals surface area contributed by atoms with Gasteiger partial charge in [-0.15, -0.1) is 0 Å². The van der Waals surface area contributed by atoms with Gasteiger partial charge in [0, 0.05) is 11.5 Å². The van der Waals surface area contributed by atoms with E-state index in [9.17, 15) is 4.79 Å². The van der Waals surface area contributed by atoms with Gasteiger partial charge in [0.05, 0.1) is 5.69 Å². The smallest absolute Gasteiger partial charge is 0.228 e. The van der Waals surface area contributed by atoms with Gasteiger partial charge in [0.2, 0.25) is 5.91 Å². The first kappa shape index (κ1) is 11.0. The average Bonchev–Trinajstić information content (AvgIpc) is 3.24. The first-order chi connectivity index (χ1) is 8.83. The highest BCUT2D eigenvalue weighted by atomic mass is 16.2. The first-order valence-corrected chi connectivity index (χ1v) is 6.16. The van der Waals surface area contributed by atoms with Crippen molar-refractivity contribution in [2.75, 3.05) is 5.32 Å². The quantitative estimate of drug-likeness (QED) is 0.892. The zero-order valence-corrected chi connectivity index (χ0v) is 9.97. The molecule has 3 nitrogen and oxygen atoms in total. The highest BCUT2D eigenvalue weighted by Gasteiger charge is 2.29. The standard InChI is InChI=1S/C15H14N2O/c18-15(12-9-10-12)17-14-8-4-7-13(16-14)11-5-2-1-3-6-11/h1-8,12H,9-10H2,(H,16,17,18). The van der Waals surface area contributed by atoms with E-state index in [1.165, 1.54) is 0 Å². The second kappa shape index (κ2) is 4.61. The maximum Gasteiger partial charge on any atom is 0.228 e. The van der Waals surface area contributed by atoms with Crippen molar-refractivity contribution in [3.05, 3.63) is 48.5 Å². The summed E-state index contributed by atoms with van der Waals surface area (Å²) in [4.78, 5) is 16.1. The van der Waals surface area contributed by atoms with Crippen molar-refractivity contribution in [1.29, 1.82) is 0 Å². The van der Waals surface area contributed by atoms with Crippen LogP contribution in [0, 0.1) is 5.92 Å². The third kappa shape index (κ3) is 2.40. The number of anilines is 1. The summed E-state index contributed by atoms with van der Waals surface area (Å²) < 4.78 is 0. The molecule has 1 aromatic carbocycles. The molecule has 2 aromatic rings. The number of benzene rings is 1. The minimum absolute atomic E-state index is 0.0905. The van der Waals surface area contributed by atoms with E-state index in [1.807, 2.05) is 48.5 Å². The number of aromatic nitrogens is 1. The summed E-state index contributed by atoms with van der Waals surface area (Å²) in [6, 6.07) is 15.6. The molecule has 1 N–H and O–H groups in total. The summed E-state index contributed by atoms with van der Waals surface area (Å²) in [5, 5.41) is 2.86. The van der Waals surface area contributed by atoms with Gasteiger partial charge < -0.3 is 5.32 Å². The zero-order valence-electron chi connectivity index (χ0n) is 9.97. The molecule has 1 amide bonds. The number of amides is 1. The summed E-state index contributed by atoms with van der Waals surface area (Å²) in [6.45, 7) is 0. The van der Waals surface area contributed by atoms with E-state index in [0.29, 0.717) is 5.82 Å². The Bertz CT molecular complexity index is 562. The molecule has 3 rings (SSSR count). The Morgan fingerprint density at radius 2 is 1.83 bits per heavy atom. The van der Waals surface area contributed by atoms with E-state index in [1.54, 1.807) is 0 Å². The Kier molecular flexibility index (Phi) is 2.81. The van der Waals surface area contributed by atoms with Gasteiger partial charge in [-0.05, 0) is 25.0 Å². The maximum absolute atomic E-state index is 11.7. The number of hydrogen-bond acceptors (Lipinski definition) is 2. The molecule has 0 unspecified atom stereocenters.